The zero-order valence-electron chi connectivity index (χ0n) is 31.1. The number of carbonyl (C=O) groups excluding carboxylic acids is 1. The minimum Gasteiger partial charge on any atom is -0.386 e. The van der Waals surface area contributed by atoms with Gasteiger partial charge in [-0.05, 0) is 79.2 Å². The maximum absolute atomic E-state index is 11.9. The number of nitrogens with zero attached hydrogens (tertiary/aromatic N) is 3. The molecule has 56 heavy (non-hydrogen) atoms. The Labute approximate surface area is 326 Å². The van der Waals surface area contributed by atoms with Gasteiger partial charge in [0.05, 0.1) is 22.8 Å². The van der Waals surface area contributed by atoms with Crippen LogP contribution in [-0.2, 0) is 4.79 Å². The third-order valence-electron chi connectivity index (χ3n) is 10.5. The molecule has 0 unspecified atom stereocenters. The number of carbonyl (C=O) groups is 1. The van der Waals surface area contributed by atoms with Crippen LogP contribution < -0.4 is 10.2 Å². The van der Waals surface area contributed by atoms with Gasteiger partial charge in [-0.2, -0.15) is 0 Å². The predicted octanol–water partition coefficient (Wildman–Crippen LogP) is 12.4. The Bertz CT molecular complexity index is 2810. The Morgan fingerprint density at radius 3 is 1.46 bits per heavy atom. The molecule has 268 valence electrons. The largest absolute Gasteiger partial charge is 0.386 e. The van der Waals surface area contributed by atoms with Crippen LogP contribution in [0.15, 0.2) is 182 Å². The van der Waals surface area contributed by atoms with Gasteiger partial charge in [0.15, 0.2) is 5.82 Å². The van der Waals surface area contributed by atoms with Crippen molar-refractivity contribution in [1.29, 1.82) is 0 Å². The molecular weight excluding hydrogens is 685 g/mol. The number of rotatable bonds is 9. The van der Waals surface area contributed by atoms with Gasteiger partial charge in [-0.15, -0.1) is 0 Å². The van der Waals surface area contributed by atoms with Crippen molar-refractivity contribution in [2.24, 2.45) is 0 Å². The lowest BCUT2D eigenvalue weighted by Crippen LogP contribution is -2.15. The van der Waals surface area contributed by atoms with Crippen LogP contribution in [0.3, 0.4) is 0 Å². The van der Waals surface area contributed by atoms with Gasteiger partial charge in [0.2, 0.25) is 6.41 Å². The first-order chi connectivity index (χ1) is 27.6. The number of hydrogen-bond acceptors (Lipinski definition) is 4. The lowest BCUT2D eigenvalue weighted by atomic mass is 9.85. The molecule has 0 aliphatic carbocycles. The highest BCUT2D eigenvalue weighted by Crippen LogP contribution is 2.45. The summed E-state index contributed by atoms with van der Waals surface area (Å²) in [6.07, 6.45) is 0.845. The number of fused-ring (bicyclic) bond motifs is 2. The molecule has 5 heteroatoms. The van der Waals surface area contributed by atoms with E-state index < -0.39 is 0 Å². The maximum Gasteiger partial charge on any atom is 0.213 e. The van der Waals surface area contributed by atoms with Crippen molar-refractivity contribution in [3.8, 4) is 67.3 Å². The number of hydrogen-bond donors (Lipinski definition) is 1. The molecule has 0 bridgehead atoms. The van der Waals surface area contributed by atoms with E-state index in [-0.39, 0.29) is 0 Å². The lowest BCUT2D eigenvalue weighted by molar-refractivity contribution is -0.107. The van der Waals surface area contributed by atoms with Crippen LogP contribution in [0.2, 0.25) is 0 Å². The Hall–Kier alpha value is -7.37. The van der Waals surface area contributed by atoms with Crippen LogP contribution >= 0.6 is 0 Å². The molecule has 9 aromatic rings. The molecule has 9 rings (SSSR count). The van der Waals surface area contributed by atoms with Crippen molar-refractivity contribution < 1.29 is 4.79 Å². The normalized spacial score (nSPS) is 11.1. The van der Waals surface area contributed by atoms with Crippen molar-refractivity contribution >= 4 is 39.3 Å². The first-order valence-electron chi connectivity index (χ1n) is 18.7. The smallest absolute Gasteiger partial charge is 0.213 e. The Morgan fingerprint density at radius 1 is 0.446 bits per heavy atom. The molecule has 0 saturated heterocycles. The predicted molar refractivity (Wildman–Crippen MR) is 234 cm³/mol. The quantitative estimate of drug-likeness (QED) is 0.119. The average molecular weight is 723 g/mol. The summed E-state index contributed by atoms with van der Waals surface area (Å²) in [6.45, 7) is 0. The van der Waals surface area contributed by atoms with E-state index in [2.05, 4.69) is 157 Å². The monoisotopic (exact) mass is 722 g/mol. The van der Waals surface area contributed by atoms with Gasteiger partial charge in [0.25, 0.3) is 0 Å². The molecular formula is C51H38N4O. The summed E-state index contributed by atoms with van der Waals surface area (Å²) in [5.74, 6) is 0.680. The zero-order valence-corrected chi connectivity index (χ0v) is 31.1. The van der Waals surface area contributed by atoms with Crippen LogP contribution in [0.4, 0.5) is 11.4 Å². The van der Waals surface area contributed by atoms with Gasteiger partial charge >= 0.3 is 0 Å². The number of aromatic nitrogens is 2. The molecule has 8 aromatic carbocycles. The fourth-order valence-corrected chi connectivity index (χ4v) is 7.75. The third-order valence-corrected chi connectivity index (χ3v) is 10.5. The summed E-state index contributed by atoms with van der Waals surface area (Å²) in [5, 5.41) is 7.80. The summed E-state index contributed by atoms with van der Waals surface area (Å²) >= 11 is 0. The van der Waals surface area contributed by atoms with E-state index in [1.807, 2.05) is 37.4 Å². The number of nitrogens with one attached hydrogen (secondary N) is 1. The van der Waals surface area contributed by atoms with Crippen LogP contribution in [0.1, 0.15) is 0 Å². The van der Waals surface area contributed by atoms with Crippen molar-refractivity contribution in [2.75, 3.05) is 24.3 Å². The van der Waals surface area contributed by atoms with Crippen molar-refractivity contribution in [3.63, 3.8) is 0 Å². The maximum atomic E-state index is 11.9. The highest BCUT2D eigenvalue weighted by atomic mass is 16.1. The van der Waals surface area contributed by atoms with Gasteiger partial charge in [-0.3, -0.25) is 4.79 Å². The number of benzene rings is 8. The summed E-state index contributed by atoms with van der Waals surface area (Å²) in [6, 6.07) is 63.5. The van der Waals surface area contributed by atoms with E-state index in [4.69, 9.17) is 9.97 Å². The lowest BCUT2D eigenvalue weighted by Gasteiger charge is -2.21. The third kappa shape index (κ3) is 6.35. The molecule has 1 heterocycles. The van der Waals surface area contributed by atoms with Crippen molar-refractivity contribution in [1.82, 2.24) is 9.97 Å². The van der Waals surface area contributed by atoms with Crippen LogP contribution in [0.5, 0.6) is 0 Å². The molecule has 0 radical (unpaired) electrons. The van der Waals surface area contributed by atoms with Gasteiger partial charge < -0.3 is 10.2 Å². The van der Waals surface area contributed by atoms with Gasteiger partial charge in [-0.1, -0.05) is 158 Å². The van der Waals surface area contributed by atoms with E-state index in [0.29, 0.717) is 5.82 Å². The second-order valence-electron chi connectivity index (χ2n) is 13.9. The van der Waals surface area contributed by atoms with Gasteiger partial charge in [0.1, 0.15) is 0 Å². The van der Waals surface area contributed by atoms with E-state index >= 15 is 0 Å². The fourth-order valence-electron chi connectivity index (χ4n) is 7.75. The van der Waals surface area contributed by atoms with Crippen LogP contribution in [0, 0.1) is 0 Å². The number of amides is 1. The zero-order chi connectivity index (χ0) is 38.0. The van der Waals surface area contributed by atoms with E-state index in [9.17, 15) is 4.79 Å². The molecule has 1 amide bonds. The first-order valence-corrected chi connectivity index (χ1v) is 18.7. The topological polar surface area (TPSA) is 58.1 Å². The summed E-state index contributed by atoms with van der Waals surface area (Å²) in [5.41, 5.74) is 13.2. The second kappa shape index (κ2) is 14.8. The van der Waals surface area contributed by atoms with Gasteiger partial charge in [0, 0.05) is 30.8 Å². The average Bonchev–Trinajstić information content (AvgIpc) is 3.28. The van der Waals surface area contributed by atoms with E-state index in [1.165, 1.54) is 5.56 Å². The van der Waals surface area contributed by atoms with Crippen LogP contribution in [-0.4, -0.2) is 30.5 Å². The van der Waals surface area contributed by atoms with E-state index in [0.717, 1.165) is 95.2 Å². The molecule has 1 aromatic heterocycles. The summed E-state index contributed by atoms with van der Waals surface area (Å²) in [4.78, 5) is 23.8. The second-order valence-corrected chi connectivity index (χ2v) is 13.9. The molecule has 0 aliphatic rings. The Morgan fingerprint density at radius 2 is 0.893 bits per heavy atom. The summed E-state index contributed by atoms with van der Waals surface area (Å²) in [7, 11) is 3.66. The first kappa shape index (κ1) is 34.4. The minimum absolute atomic E-state index is 0.680. The molecule has 1 N–H and O–H groups in total. The molecule has 0 fully saturated rings. The molecule has 0 aliphatic heterocycles. The molecule has 0 spiro atoms. The standard InChI is InChI=1S/C51H38N4O/c1-52-45-29-28-40(31-48(45)55(2)33-56)50-43-22-11-9-20-41(43)49(42-21-10-12-23-44(42)50)39-19-13-18-38(30-39)47-32-46(53-51(54-47)37-16-7-4-8-17-37)36-26-24-35(25-27-36)34-14-5-3-6-15-34/h3-33,52H,1-2H3. The fraction of sp³-hybridized carbons (Fsp3) is 0.0392. The Kier molecular flexibility index (Phi) is 9.10. The van der Waals surface area contributed by atoms with Crippen LogP contribution in [0.25, 0.3) is 88.8 Å². The molecule has 0 atom stereocenters. The molecule has 5 nitrogen and oxygen atoms in total. The Balaban J connectivity index is 1.21. The number of anilines is 2. The minimum atomic E-state index is 0.680. The van der Waals surface area contributed by atoms with Gasteiger partial charge in [-0.25, -0.2) is 9.97 Å². The molecule has 0 saturated carbocycles. The van der Waals surface area contributed by atoms with E-state index in [1.54, 1.807) is 11.9 Å². The highest BCUT2D eigenvalue weighted by molar-refractivity contribution is 6.21. The van der Waals surface area contributed by atoms with Crippen molar-refractivity contribution in [3.05, 3.63) is 182 Å². The summed E-state index contributed by atoms with van der Waals surface area (Å²) < 4.78 is 0. The SMILES string of the molecule is CNc1ccc(-c2c3ccccc3c(-c3cccc(-c4cc(-c5ccc(-c6ccccc6)cc5)nc(-c5ccccc5)n4)c3)c3ccccc23)cc1N(C)C=O. The van der Waals surface area contributed by atoms with Crippen molar-refractivity contribution in [2.45, 2.75) is 0 Å². The highest BCUT2D eigenvalue weighted by Gasteiger charge is 2.19.